The van der Waals surface area contributed by atoms with Gasteiger partial charge in [-0.3, -0.25) is 14.4 Å². The fraction of sp³-hybridized carbons (Fsp3) is 0.353. The SMILES string of the molecule is CC(=O)N1CC[C@@H](NC(=O)c2c[nH]c3ccc(F)cc3c2=O)[C@H](O)C1. The summed E-state index contributed by atoms with van der Waals surface area (Å²) < 4.78 is 13.4. The molecule has 1 aromatic carbocycles. The number of fused-ring (bicyclic) bond motifs is 1. The number of amides is 2. The molecular weight excluding hydrogens is 329 g/mol. The van der Waals surface area contributed by atoms with Gasteiger partial charge >= 0.3 is 0 Å². The van der Waals surface area contributed by atoms with Crippen LogP contribution in [-0.4, -0.2) is 52.0 Å². The van der Waals surface area contributed by atoms with Gasteiger partial charge in [0.05, 0.1) is 12.1 Å². The molecule has 2 heterocycles. The largest absolute Gasteiger partial charge is 0.389 e. The van der Waals surface area contributed by atoms with Gasteiger partial charge in [0, 0.05) is 37.1 Å². The number of halogens is 1. The molecule has 0 radical (unpaired) electrons. The minimum Gasteiger partial charge on any atom is -0.389 e. The molecule has 2 amide bonds. The molecule has 3 N–H and O–H groups in total. The molecule has 3 rings (SSSR count). The number of aliphatic hydroxyl groups excluding tert-OH is 1. The fourth-order valence-corrected chi connectivity index (χ4v) is 2.99. The smallest absolute Gasteiger partial charge is 0.257 e. The van der Waals surface area contributed by atoms with Crippen LogP contribution in [0, 0.1) is 5.82 Å². The van der Waals surface area contributed by atoms with Crippen molar-refractivity contribution in [2.24, 2.45) is 0 Å². The number of nitrogens with zero attached hydrogens (tertiary/aromatic N) is 1. The maximum absolute atomic E-state index is 13.4. The maximum Gasteiger partial charge on any atom is 0.257 e. The van der Waals surface area contributed by atoms with Crippen LogP contribution in [0.4, 0.5) is 4.39 Å². The minimum absolute atomic E-state index is 0.0830. The van der Waals surface area contributed by atoms with Crippen LogP contribution in [0.3, 0.4) is 0 Å². The highest BCUT2D eigenvalue weighted by Gasteiger charge is 2.30. The number of aromatic nitrogens is 1. The number of nitrogens with one attached hydrogen (secondary N) is 2. The number of H-pyrrole nitrogens is 1. The maximum atomic E-state index is 13.4. The molecule has 0 saturated carbocycles. The molecule has 132 valence electrons. The van der Waals surface area contributed by atoms with Crippen molar-refractivity contribution < 1.29 is 19.1 Å². The van der Waals surface area contributed by atoms with Gasteiger partial charge in [0.1, 0.15) is 11.4 Å². The van der Waals surface area contributed by atoms with E-state index in [4.69, 9.17) is 0 Å². The van der Waals surface area contributed by atoms with Crippen LogP contribution >= 0.6 is 0 Å². The molecule has 0 aliphatic carbocycles. The normalized spacial score (nSPS) is 20.5. The van der Waals surface area contributed by atoms with E-state index in [1.807, 2.05) is 0 Å². The van der Waals surface area contributed by atoms with Crippen LogP contribution < -0.4 is 10.7 Å². The van der Waals surface area contributed by atoms with Crippen molar-refractivity contribution in [3.8, 4) is 0 Å². The second-order valence-corrected chi connectivity index (χ2v) is 6.12. The zero-order chi connectivity index (χ0) is 18.1. The van der Waals surface area contributed by atoms with E-state index in [2.05, 4.69) is 10.3 Å². The predicted octanol–water partition coefficient (Wildman–Crippen LogP) is 0.379. The van der Waals surface area contributed by atoms with Crippen LogP contribution in [-0.2, 0) is 4.79 Å². The average molecular weight is 347 g/mol. The number of aliphatic hydroxyl groups is 1. The summed E-state index contributed by atoms with van der Waals surface area (Å²) in [5.41, 5.74) is -0.307. The van der Waals surface area contributed by atoms with E-state index < -0.39 is 29.3 Å². The van der Waals surface area contributed by atoms with E-state index >= 15 is 0 Å². The van der Waals surface area contributed by atoms with Gasteiger partial charge in [0.25, 0.3) is 5.91 Å². The van der Waals surface area contributed by atoms with Gasteiger partial charge in [0.2, 0.25) is 11.3 Å². The van der Waals surface area contributed by atoms with Crippen LogP contribution in [0.1, 0.15) is 23.7 Å². The minimum atomic E-state index is -0.918. The number of likely N-dealkylation sites (tertiary alicyclic amines) is 1. The van der Waals surface area contributed by atoms with Crippen LogP contribution in [0.15, 0.2) is 29.2 Å². The van der Waals surface area contributed by atoms with Gasteiger partial charge in [-0.2, -0.15) is 0 Å². The van der Waals surface area contributed by atoms with E-state index in [1.165, 1.54) is 30.2 Å². The molecular formula is C17H18FN3O4. The van der Waals surface area contributed by atoms with E-state index in [9.17, 15) is 23.9 Å². The Bertz CT molecular complexity index is 895. The number of piperidine rings is 1. The van der Waals surface area contributed by atoms with Crippen molar-refractivity contribution in [1.82, 2.24) is 15.2 Å². The summed E-state index contributed by atoms with van der Waals surface area (Å²) in [5.74, 6) is -1.35. The Morgan fingerprint density at radius 2 is 2.16 bits per heavy atom. The first-order valence-electron chi connectivity index (χ1n) is 7.92. The molecule has 1 aliphatic rings. The van der Waals surface area contributed by atoms with Crippen molar-refractivity contribution in [3.05, 3.63) is 46.0 Å². The van der Waals surface area contributed by atoms with Gasteiger partial charge in [-0.15, -0.1) is 0 Å². The van der Waals surface area contributed by atoms with Crippen LogP contribution in [0.2, 0.25) is 0 Å². The average Bonchev–Trinajstić information content (AvgIpc) is 2.57. The lowest BCUT2D eigenvalue weighted by molar-refractivity contribution is -0.132. The van der Waals surface area contributed by atoms with E-state index in [-0.39, 0.29) is 23.4 Å². The van der Waals surface area contributed by atoms with E-state index in [0.717, 1.165) is 6.07 Å². The summed E-state index contributed by atoms with van der Waals surface area (Å²) in [6.45, 7) is 1.95. The summed E-state index contributed by atoms with van der Waals surface area (Å²) >= 11 is 0. The Labute approximate surface area is 142 Å². The lowest BCUT2D eigenvalue weighted by atomic mass is 10.0. The second kappa shape index (κ2) is 6.64. The molecule has 1 aliphatic heterocycles. The Morgan fingerprint density at radius 3 is 2.84 bits per heavy atom. The number of β-amino-alcohol motifs (C(OH)–C–C–N with tert-alkyl or cyclic N) is 1. The number of aromatic amines is 1. The molecule has 8 heteroatoms. The number of carbonyl (C=O) groups excluding carboxylic acids is 2. The first-order chi connectivity index (χ1) is 11.9. The van der Waals surface area contributed by atoms with Gasteiger partial charge in [-0.1, -0.05) is 0 Å². The zero-order valence-electron chi connectivity index (χ0n) is 13.6. The summed E-state index contributed by atoms with van der Waals surface area (Å²) in [6.07, 6.45) is 0.736. The highest BCUT2D eigenvalue weighted by Crippen LogP contribution is 2.13. The number of benzene rings is 1. The first kappa shape index (κ1) is 17.1. The Hall–Kier alpha value is -2.74. The molecule has 1 fully saturated rings. The highest BCUT2D eigenvalue weighted by molar-refractivity contribution is 5.97. The summed E-state index contributed by atoms with van der Waals surface area (Å²) in [4.78, 5) is 40.5. The molecule has 0 bridgehead atoms. The fourth-order valence-electron chi connectivity index (χ4n) is 2.99. The van der Waals surface area contributed by atoms with E-state index in [0.29, 0.717) is 18.5 Å². The third-order valence-electron chi connectivity index (χ3n) is 4.43. The van der Waals surface area contributed by atoms with E-state index in [1.54, 1.807) is 0 Å². The third kappa shape index (κ3) is 3.39. The van der Waals surface area contributed by atoms with Gasteiger partial charge in [-0.25, -0.2) is 4.39 Å². The zero-order valence-corrected chi connectivity index (χ0v) is 13.6. The van der Waals surface area contributed by atoms with Crippen molar-refractivity contribution in [2.75, 3.05) is 13.1 Å². The summed E-state index contributed by atoms with van der Waals surface area (Å²) in [5, 5.41) is 12.8. The summed E-state index contributed by atoms with van der Waals surface area (Å²) in [7, 11) is 0. The van der Waals surface area contributed by atoms with Crippen molar-refractivity contribution in [1.29, 1.82) is 0 Å². The Balaban J connectivity index is 1.80. The molecule has 25 heavy (non-hydrogen) atoms. The first-order valence-corrected chi connectivity index (χ1v) is 7.92. The molecule has 2 aromatic rings. The third-order valence-corrected chi connectivity index (χ3v) is 4.43. The second-order valence-electron chi connectivity index (χ2n) is 6.12. The number of pyridine rings is 1. The highest BCUT2D eigenvalue weighted by atomic mass is 19.1. The number of rotatable bonds is 2. The Morgan fingerprint density at radius 1 is 1.40 bits per heavy atom. The van der Waals surface area contributed by atoms with Crippen molar-refractivity contribution in [2.45, 2.75) is 25.5 Å². The van der Waals surface area contributed by atoms with Crippen LogP contribution in [0.5, 0.6) is 0 Å². The van der Waals surface area contributed by atoms with Crippen molar-refractivity contribution >= 4 is 22.7 Å². The Kier molecular flexibility index (Phi) is 4.54. The number of hydrogen-bond acceptors (Lipinski definition) is 4. The predicted molar refractivity (Wildman–Crippen MR) is 88.7 cm³/mol. The quantitative estimate of drug-likeness (QED) is 0.731. The lowest BCUT2D eigenvalue weighted by Crippen LogP contribution is -2.55. The van der Waals surface area contributed by atoms with Crippen LogP contribution in [0.25, 0.3) is 10.9 Å². The molecule has 1 aromatic heterocycles. The summed E-state index contributed by atoms with van der Waals surface area (Å²) in [6, 6.07) is 3.16. The lowest BCUT2D eigenvalue weighted by Gasteiger charge is -2.35. The van der Waals surface area contributed by atoms with Gasteiger partial charge < -0.3 is 20.3 Å². The molecule has 0 spiro atoms. The number of hydrogen-bond donors (Lipinski definition) is 3. The van der Waals surface area contributed by atoms with Gasteiger partial charge in [-0.05, 0) is 24.6 Å². The monoisotopic (exact) mass is 347 g/mol. The molecule has 7 nitrogen and oxygen atoms in total. The molecule has 1 saturated heterocycles. The standard InChI is InChI=1S/C17H18FN3O4/c1-9(22)21-5-4-14(15(23)8-21)20-17(25)12-7-19-13-3-2-10(18)6-11(13)16(12)24/h2-3,6-7,14-15,23H,4-5,8H2,1H3,(H,19,24)(H,20,25)/t14-,15-/m1/s1. The number of carbonyl (C=O) groups is 2. The van der Waals surface area contributed by atoms with Crippen molar-refractivity contribution in [3.63, 3.8) is 0 Å². The topological polar surface area (TPSA) is 103 Å². The molecule has 2 atom stereocenters. The molecule has 0 unspecified atom stereocenters. The van der Waals surface area contributed by atoms with Gasteiger partial charge in [0.15, 0.2) is 0 Å².